The standard InChI is InChI=1S/C9H12N4.2C2H6/c1-6-8(5-10)13-9(12-6)7-3-2-4-11-7;2*1-2/h7,11H,2-4H2,1H3,(H,12,13);2*1-2H3. The third kappa shape index (κ3) is 4.20. The first-order valence-corrected chi connectivity index (χ1v) is 6.51. The van der Waals surface area contributed by atoms with Crippen molar-refractivity contribution < 1.29 is 0 Å². The molecular weight excluding hydrogens is 212 g/mol. The van der Waals surface area contributed by atoms with Gasteiger partial charge < -0.3 is 10.3 Å². The third-order valence-corrected chi connectivity index (χ3v) is 2.40. The lowest BCUT2D eigenvalue weighted by Gasteiger charge is -2.04. The van der Waals surface area contributed by atoms with Crippen LogP contribution < -0.4 is 5.32 Å². The third-order valence-electron chi connectivity index (χ3n) is 2.40. The van der Waals surface area contributed by atoms with Crippen LogP contribution in [0.1, 0.15) is 63.8 Å². The zero-order valence-corrected chi connectivity index (χ0v) is 11.6. The van der Waals surface area contributed by atoms with Crippen LogP contribution in [0.2, 0.25) is 0 Å². The molecule has 1 aromatic heterocycles. The van der Waals surface area contributed by atoms with E-state index in [0.717, 1.165) is 24.5 Å². The molecule has 2 N–H and O–H groups in total. The minimum atomic E-state index is 0.320. The Morgan fingerprint density at radius 1 is 1.29 bits per heavy atom. The van der Waals surface area contributed by atoms with Gasteiger partial charge >= 0.3 is 0 Å². The zero-order chi connectivity index (χ0) is 13.3. The smallest absolute Gasteiger partial charge is 0.161 e. The van der Waals surface area contributed by atoms with Gasteiger partial charge in [-0.3, -0.25) is 0 Å². The van der Waals surface area contributed by atoms with Crippen LogP contribution in [0.15, 0.2) is 0 Å². The SMILES string of the molecule is CC.CC.Cc1[nH]c(C2CCCN2)nc1C#N. The number of aromatic nitrogens is 2. The normalized spacial score (nSPS) is 17.3. The second-order valence-corrected chi connectivity index (χ2v) is 3.36. The summed E-state index contributed by atoms with van der Waals surface area (Å²) in [6.45, 7) is 10.9. The van der Waals surface area contributed by atoms with E-state index in [9.17, 15) is 0 Å². The van der Waals surface area contributed by atoms with Gasteiger partial charge in [-0.15, -0.1) is 0 Å². The van der Waals surface area contributed by atoms with Crippen molar-refractivity contribution in [3.05, 3.63) is 17.2 Å². The molecule has 0 aliphatic carbocycles. The number of aryl methyl sites for hydroxylation is 1. The van der Waals surface area contributed by atoms with Crippen LogP contribution in [-0.2, 0) is 0 Å². The fourth-order valence-corrected chi connectivity index (χ4v) is 1.68. The van der Waals surface area contributed by atoms with E-state index in [-0.39, 0.29) is 0 Å². The van der Waals surface area contributed by atoms with Gasteiger partial charge in [-0.1, -0.05) is 27.7 Å². The average molecular weight is 236 g/mol. The van der Waals surface area contributed by atoms with Crippen LogP contribution in [0.4, 0.5) is 0 Å². The van der Waals surface area contributed by atoms with Gasteiger partial charge in [0.05, 0.1) is 6.04 Å². The van der Waals surface area contributed by atoms with E-state index in [1.807, 2.05) is 34.6 Å². The Balaban J connectivity index is 0.000000581. The molecule has 96 valence electrons. The van der Waals surface area contributed by atoms with E-state index < -0.39 is 0 Å². The number of nitrogens with zero attached hydrogens (tertiary/aromatic N) is 2. The maximum atomic E-state index is 8.72. The summed E-state index contributed by atoms with van der Waals surface area (Å²) < 4.78 is 0. The Kier molecular flexibility index (Phi) is 8.08. The summed E-state index contributed by atoms with van der Waals surface area (Å²) in [5, 5.41) is 12.1. The van der Waals surface area contributed by atoms with E-state index in [2.05, 4.69) is 21.4 Å². The van der Waals surface area contributed by atoms with Crippen LogP contribution in [-0.4, -0.2) is 16.5 Å². The molecule has 1 fully saturated rings. The number of rotatable bonds is 1. The van der Waals surface area contributed by atoms with Gasteiger partial charge in [0.1, 0.15) is 11.9 Å². The van der Waals surface area contributed by atoms with Gasteiger partial charge in [0.2, 0.25) is 0 Å². The van der Waals surface area contributed by atoms with E-state index in [4.69, 9.17) is 5.26 Å². The van der Waals surface area contributed by atoms with Gasteiger partial charge in [-0.25, -0.2) is 4.98 Å². The van der Waals surface area contributed by atoms with Crippen LogP contribution in [0, 0.1) is 18.3 Å². The Morgan fingerprint density at radius 3 is 2.35 bits per heavy atom. The maximum absolute atomic E-state index is 8.72. The molecule has 1 unspecified atom stereocenters. The summed E-state index contributed by atoms with van der Waals surface area (Å²) in [5.74, 6) is 0.909. The van der Waals surface area contributed by atoms with Crippen molar-refractivity contribution in [1.29, 1.82) is 5.26 Å². The zero-order valence-electron chi connectivity index (χ0n) is 11.6. The lowest BCUT2D eigenvalue weighted by Crippen LogP contribution is -2.14. The van der Waals surface area contributed by atoms with E-state index >= 15 is 0 Å². The maximum Gasteiger partial charge on any atom is 0.161 e. The van der Waals surface area contributed by atoms with Crippen molar-refractivity contribution in [3.63, 3.8) is 0 Å². The first-order valence-electron chi connectivity index (χ1n) is 6.51. The molecule has 0 saturated carbocycles. The van der Waals surface area contributed by atoms with E-state index in [1.165, 1.54) is 6.42 Å². The molecule has 2 heterocycles. The molecule has 2 rings (SSSR count). The second kappa shape index (κ2) is 8.77. The molecule has 1 atom stereocenters. The van der Waals surface area contributed by atoms with Crippen molar-refractivity contribution in [2.24, 2.45) is 0 Å². The lowest BCUT2D eigenvalue weighted by atomic mass is 10.2. The number of aromatic amines is 1. The van der Waals surface area contributed by atoms with Crippen molar-refractivity contribution in [2.75, 3.05) is 6.54 Å². The first kappa shape index (κ1) is 15.7. The van der Waals surface area contributed by atoms with Crippen molar-refractivity contribution in [3.8, 4) is 6.07 Å². The monoisotopic (exact) mass is 236 g/mol. The fourth-order valence-electron chi connectivity index (χ4n) is 1.68. The van der Waals surface area contributed by atoms with Gasteiger partial charge in [-0.2, -0.15) is 5.26 Å². The summed E-state index contributed by atoms with van der Waals surface area (Å²) >= 11 is 0. The summed E-state index contributed by atoms with van der Waals surface area (Å²) in [6.07, 6.45) is 2.30. The highest BCUT2D eigenvalue weighted by molar-refractivity contribution is 5.27. The predicted octanol–water partition coefficient (Wildman–Crippen LogP) is 3.07. The average Bonchev–Trinajstić information content (AvgIpc) is 3.03. The summed E-state index contributed by atoms with van der Waals surface area (Å²) in [5.41, 5.74) is 1.38. The van der Waals surface area contributed by atoms with Gasteiger partial charge in [0.25, 0.3) is 0 Å². The minimum absolute atomic E-state index is 0.320. The number of nitriles is 1. The van der Waals surface area contributed by atoms with Crippen molar-refractivity contribution in [1.82, 2.24) is 15.3 Å². The second-order valence-electron chi connectivity index (χ2n) is 3.36. The lowest BCUT2D eigenvalue weighted by molar-refractivity contribution is 0.611. The Hall–Kier alpha value is -1.34. The molecule has 0 radical (unpaired) electrons. The topological polar surface area (TPSA) is 64.5 Å². The van der Waals surface area contributed by atoms with E-state index in [1.54, 1.807) is 0 Å². The highest BCUT2D eigenvalue weighted by Gasteiger charge is 2.20. The molecule has 1 aromatic rings. The molecule has 0 aromatic carbocycles. The molecule has 1 aliphatic rings. The first-order chi connectivity index (χ1) is 8.31. The summed E-state index contributed by atoms with van der Waals surface area (Å²) in [4.78, 5) is 7.37. The highest BCUT2D eigenvalue weighted by Crippen LogP contribution is 2.21. The minimum Gasteiger partial charge on any atom is -0.344 e. The highest BCUT2D eigenvalue weighted by atomic mass is 15.0. The molecule has 0 amide bonds. The molecule has 17 heavy (non-hydrogen) atoms. The number of H-pyrrole nitrogens is 1. The molecular formula is C13H24N4. The number of imidazole rings is 1. The molecule has 4 nitrogen and oxygen atoms in total. The molecule has 0 spiro atoms. The molecule has 0 bridgehead atoms. The van der Waals surface area contributed by atoms with Crippen LogP contribution in [0.25, 0.3) is 0 Å². The fraction of sp³-hybridized carbons (Fsp3) is 0.692. The summed E-state index contributed by atoms with van der Waals surface area (Å²) in [7, 11) is 0. The van der Waals surface area contributed by atoms with Crippen molar-refractivity contribution >= 4 is 0 Å². The molecule has 4 heteroatoms. The largest absolute Gasteiger partial charge is 0.344 e. The summed E-state index contributed by atoms with van der Waals surface area (Å²) in [6, 6.07) is 2.39. The van der Waals surface area contributed by atoms with Crippen molar-refractivity contribution in [2.45, 2.75) is 53.5 Å². The van der Waals surface area contributed by atoms with Crippen LogP contribution >= 0.6 is 0 Å². The van der Waals surface area contributed by atoms with Gasteiger partial charge in [-0.05, 0) is 26.3 Å². The van der Waals surface area contributed by atoms with E-state index in [0.29, 0.717) is 11.7 Å². The number of hydrogen-bond donors (Lipinski definition) is 2. The predicted molar refractivity (Wildman–Crippen MR) is 70.7 cm³/mol. The number of nitrogens with one attached hydrogen (secondary N) is 2. The molecule has 1 aliphatic heterocycles. The Labute approximate surface area is 104 Å². The van der Waals surface area contributed by atoms with Crippen LogP contribution in [0.3, 0.4) is 0 Å². The van der Waals surface area contributed by atoms with Crippen LogP contribution in [0.5, 0.6) is 0 Å². The number of hydrogen-bond acceptors (Lipinski definition) is 3. The van der Waals surface area contributed by atoms with Gasteiger partial charge in [0, 0.05) is 5.69 Å². The molecule has 1 saturated heterocycles. The Morgan fingerprint density at radius 2 is 1.94 bits per heavy atom. The quantitative estimate of drug-likeness (QED) is 0.787. The van der Waals surface area contributed by atoms with Gasteiger partial charge in [0.15, 0.2) is 5.69 Å². The Bertz CT molecular complexity index is 343.